The molecule has 2 N–H and O–H groups in total. The summed E-state index contributed by atoms with van der Waals surface area (Å²) >= 11 is 0. The first kappa shape index (κ1) is 10.4. The number of nitrogens with two attached hydrogens (primary N) is 1. The molecule has 0 aromatic carbocycles. The molecular weight excluding hydrogens is 172 g/mol. The number of hydrogen-bond acceptors (Lipinski definition) is 2. The molecule has 2 aliphatic rings. The Morgan fingerprint density at radius 2 is 2.07 bits per heavy atom. The molecule has 0 bridgehead atoms. The van der Waals surface area contributed by atoms with Crippen molar-refractivity contribution < 1.29 is 0 Å². The van der Waals surface area contributed by atoms with E-state index in [1.54, 1.807) is 0 Å². The Hall–Kier alpha value is -0.0800. The van der Waals surface area contributed by atoms with E-state index in [0.29, 0.717) is 6.04 Å². The Balaban J connectivity index is 1.71. The monoisotopic (exact) mass is 196 g/mol. The smallest absolute Gasteiger partial charge is 0.00676 e. The Labute approximate surface area is 87.8 Å². The van der Waals surface area contributed by atoms with Crippen LogP contribution in [0.1, 0.15) is 45.4 Å². The van der Waals surface area contributed by atoms with Crippen molar-refractivity contribution in [1.29, 1.82) is 0 Å². The molecule has 1 aliphatic carbocycles. The van der Waals surface area contributed by atoms with Gasteiger partial charge in [0.1, 0.15) is 0 Å². The van der Waals surface area contributed by atoms with Crippen LogP contribution < -0.4 is 5.73 Å². The number of rotatable bonds is 3. The lowest BCUT2D eigenvalue weighted by Crippen LogP contribution is -2.32. The second-order valence-corrected chi connectivity index (χ2v) is 5.17. The zero-order chi connectivity index (χ0) is 9.97. The third kappa shape index (κ3) is 2.29. The van der Waals surface area contributed by atoms with Crippen LogP contribution in [0.3, 0.4) is 0 Å². The fourth-order valence-corrected chi connectivity index (χ4v) is 3.08. The average molecular weight is 196 g/mol. The first-order chi connectivity index (χ1) is 6.77. The molecule has 1 saturated heterocycles. The van der Waals surface area contributed by atoms with Crippen LogP contribution in [0.5, 0.6) is 0 Å². The van der Waals surface area contributed by atoms with E-state index in [-0.39, 0.29) is 0 Å². The van der Waals surface area contributed by atoms with Gasteiger partial charge in [-0.25, -0.2) is 0 Å². The molecule has 3 unspecified atom stereocenters. The van der Waals surface area contributed by atoms with E-state index in [0.717, 1.165) is 12.0 Å². The summed E-state index contributed by atoms with van der Waals surface area (Å²) in [5.41, 5.74) is 6.08. The van der Waals surface area contributed by atoms with Gasteiger partial charge in [-0.15, -0.1) is 0 Å². The van der Waals surface area contributed by atoms with Crippen LogP contribution in [0, 0.1) is 5.92 Å². The predicted molar refractivity (Wildman–Crippen MR) is 60.2 cm³/mol. The molecule has 2 fully saturated rings. The molecule has 0 aromatic rings. The second kappa shape index (κ2) is 4.63. The fourth-order valence-electron chi connectivity index (χ4n) is 3.08. The molecule has 0 radical (unpaired) electrons. The van der Waals surface area contributed by atoms with Crippen LogP contribution in [0.2, 0.25) is 0 Å². The van der Waals surface area contributed by atoms with E-state index in [1.807, 2.05) is 0 Å². The van der Waals surface area contributed by atoms with Gasteiger partial charge in [0, 0.05) is 12.1 Å². The van der Waals surface area contributed by atoms with E-state index < -0.39 is 0 Å². The Morgan fingerprint density at radius 1 is 1.21 bits per heavy atom. The zero-order valence-electron chi connectivity index (χ0n) is 9.41. The van der Waals surface area contributed by atoms with Crippen molar-refractivity contribution in [3.05, 3.63) is 0 Å². The summed E-state index contributed by atoms with van der Waals surface area (Å²) in [4.78, 5) is 2.64. The van der Waals surface area contributed by atoms with E-state index in [2.05, 4.69) is 11.8 Å². The fraction of sp³-hybridized carbons (Fsp3) is 1.00. The summed E-state index contributed by atoms with van der Waals surface area (Å²) in [6.45, 7) is 4.98. The van der Waals surface area contributed by atoms with Gasteiger partial charge in [-0.1, -0.05) is 6.42 Å². The second-order valence-electron chi connectivity index (χ2n) is 5.17. The van der Waals surface area contributed by atoms with Crippen LogP contribution in [0.4, 0.5) is 0 Å². The number of hydrogen-bond donors (Lipinski definition) is 1. The van der Waals surface area contributed by atoms with Gasteiger partial charge in [-0.2, -0.15) is 0 Å². The van der Waals surface area contributed by atoms with E-state index in [4.69, 9.17) is 5.73 Å². The number of likely N-dealkylation sites (tertiary alicyclic amines) is 1. The molecule has 1 heterocycles. The SMILES string of the molecule is CC1CCCN1CCC1CCCC1N. The van der Waals surface area contributed by atoms with Crippen molar-refractivity contribution in [2.75, 3.05) is 13.1 Å². The number of nitrogens with zero attached hydrogens (tertiary/aromatic N) is 1. The lowest BCUT2D eigenvalue weighted by Gasteiger charge is -2.24. The minimum atomic E-state index is 0.507. The van der Waals surface area contributed by atoms with Crippen molar-refractivity contribution in [3.63, 3.8) is 0 Å². The first-order valence-electron chi connectivity index (χ1n) is 6.27. The summed E-state index contributed by atoms with van der Waals surface area (Å²) in [6.07, 6.45) is 8.14. The molecular formula is C12H24N2. The summed E-state index contributed by atoms with van der Waals surface area (Å²) in [5, 5.41) is 0. The maximum absolute atomic E-state index is 6.08. The predicted octanol–water partition coefficient (Wildman–Crippen LogP) is 1.99. The highest BCUT2D eigenvalue weighted by Crippen LogP contribution is 2.28. The van der Waals surface area contributed by atoms with Gasteiger partial charge >= 0.3 is 0 Å². The van der Waals surface area contributed by atoms with Crippen LogP contribution >= 0.6 is 0 Å². The lowest BCUT2D eigenvalue weighted by atomic mass is 10.00. The van der Waals surface area contributed by atoms with Gasteiger partial charge in [0.2, 0.25) is 0 Å². The minimum absolute atomic E-state index is 0.507. The molecule has 1 saturated carbocycles. The van der Waals surface area contributed by atoms with Gasteiger partial charge in [-0.05, 0) is 58.0 Å². The average Bonchev–Trinajstić information content (AvgIpc) is 2.72. The Bertz CT molecular complexity index is 161. The molecule has 2 heteroatoms. The van der Waals surface area contributed by atoms with Gasteiger partial charge in [0.25, 0.3) is 0 Å². The van der Waals surface area contributed by atoms with Crippen molar-refractivity contribution >= 4 is 0 Å². The molecule has 82 valence electrons. The zero-order valence-corrected chi connectivity index (χ0v) is 9.41. The standard InChI is InChI=1S/C12H24N2/c1-10-4-3-8-14(10)9-7-11-5-2-6-12(11)13/h10-12H,2-9,13H2,1H3. The van der Waals surface area contributed by atoms with Gasteiger partial charge in [-0.3, -0.25) is 0 Å². The summed E-state index contributed by atoms with van der Waals surface area (Å²) in [6, 6.07) is 1.33. The summed E-state index contributed by atoms with van der Waals surface area (Å²) < 4.78 is 0. The molecule has 0 spiro atoms. The van der Waals surface area contributed by atoms with E-state index in [1.165, 1.54) is 51.6 Å². The van der Waals surface area contributed by atoms with Gasteiger partial charge < -0.3 is 10.6 Å². The maximum Gasteiger partial charge on any atom is 0.00676 e. The Morgan fingerprint density at radius 3 is 2.64 bits per heavy atom. The van der Waals surface area contributed by atoms with Crippen molar-refractivity contribution in [2.24, 2.45) is 11.7 Å². The normalized spacial score (nSPS) is 39.4. The van der Waals surface area contributed by atoms with Crippen LogP contribution in [0.25, 0.3) is 0 Å². The largest absolute Gasteiger partial charge is 0.327 e. The van der Waals surface area contributed by atoms with Crippen LogP contribution in [-0.2, 0) is 0 Å². The van der Waals surface area contributed by atoms with E-state index >= 15 is 0 Å². The highest BCUT2D eigenvalue weighted by Gasteiger charge is 2.26. The van der Waals surface area contributed by atoms with Crippen LogP contribution in [-0.4, -0.2) is 30.1 Å². The van der Waals surface area contributed by atoms with Crippen molar-refractivity contribution in [3.8, 4) is 0 Å². The molecule has 0 aromatic heterocycles. The first-order valence-corrected chi connectivity index (χ1v) is 6.27. The molecule has 2 nitrogen and oxygen atoms in total. The van der Waals surface area contributed by atoms with Crippen molar-refractivity contribution in [2.45, 2.75) is 57.5 Å². The summed E-state index contributed by atoms with van der Waals surface area (Å²) in [7, 11) is 0. The molecule has 3 atom stereocenters. The molecule has 1 aliphatic heterocycles. The third-order valence-electron chi connectivity index (χ3n) is 4.20. The lowest BCUT2D eigenvalue weighted by molar-refractivity contribution is 0.242. The molecule has 0 amide bonds. The van der Waals surface area contributed by atoms with Gasteiger partial charge in [0.15, 0.2) is 0 Å². The van der Waals surface area contributed by atoms with Gasteiger partial charge in [0.05, 0.1) is 0 Å². The Kier molecular flexibility index (Phi) is 3.45. The van der Waals surface area contributed by atoms with E-state index in [9.17, 15) is 0 Å². The quantitative estimate of drug-likeness (QED) is 0.748. The topological polar surface area (TPSA) is 29.3 Å². The molecule has 14 heavy (non-hydrogen) atoms. The highest BCUT2D eigenvalue weighted by molar-refractivity contribution is 4.82. The summed E-state index contributed by atoms with van der Waals surface area (Å²) in [5.74, 6) is 0.822. The molecule has 2 rings (SSSR count). The minimum Gasteiger partial charge on any atom is -0.327 e. The maximum atomic E-state index is 6.08. The van der Waals surface area contributed by atoms with Crippen LogP contribution in [0.15, 0.2) is 0 Å². The third-order valence-corrected chi connectivity index (χ3v) is 4.20. The van der Waals surface area contributed by atoms with Crippen molar-refractivity contribution in [1.82, 2.24) is 4.90 Å². The highest BCUT2D eigenvalue weighted by atomic mass is 15.2.